The maximum atomic E-state index is 14.2. The molecule has 0 fully saturated rings. The molecule has 5 N–H and O–H groups in total. The van der Waals surface area contributed by atoms with Crippen LogP contribution in [0.3, 0.4) is 0 Å². The molecule has 4 rings (SSSR count). The van der Waals surface area contributed by atoms with E-state index in [0.29, 0.717) is 30.0 Å². The number of aromatic nitrogens is 3. The summed E-state index contributed by atoms with van der Waals surface area (Å²) in [5.41, 5.74) is 11.3. The number of halogens is 1. The Morgan fingerprint density at radius 1 is 1.34 bits per heavy atom. The first-order chi connectivity index (χ1) is 15.5. The highest BCUT2D eigenvalue weighted by Gasteiger charge is 2.23. The molecule has 3 aromatic rings. The second-order valence-corrected chi connectivity index (χ2v) is 7.49. The van der Waals surface area contributed by atoms with Crippen molar-refractivity contribution in [3.05, 3.63) is 64.9 Å². The van der Waals surface area contributed by atoms with Crippen LogP contribution in [-0.2, 0) is 6.42 Å². The molecule has 0 unspecified atom stereocenters. The normalized spacial score (nSPS) is 17.8. The first-order valence-electron chi connectivity index (χ1n) is 10.4. The van der Waals surface area contributed by atoms with Gasteiger partial charge in [-0.3, -0.25) is 0 Å². The number of allylic oxidation sites excluding steroid dienone is 1. The molecule has 0 aliphatic carbocycles. The quantitative estimate of drug-likeness (QED) is 0.465. The van der Waals surface area contributed by atoms with Gasteiger partial charge in [0.25, 0.3) is 0 Å². The monoisotopic (exact) mass is 435 g/mol. The molecule has 1 aromatic carbocycles. The molecule has 2 bridgehead atoms. The summed E-state index contributed by atoms with van der Waals surface area (Å²) < 4.78 is 22.2. The number of ether oxygens (including phenoxy) is 1. The van der Waals surface area contributed by atoms with Gasteiger partial charge in [-0.25, -0.2) is 14.1 Å². The smallest absolute Gasteiger partial charge is 0.166 e. The lowest BCUT2D eigenvalue weighted by Crippen LogP contribution is -2.18. The molecule has 2 aromatic heterocycles. The van der Waals surface area contributed by atoms with Gasteiger partial charge in [-0.1, -0.05) is 0 Å². The zero-order chi connectivity index (χ0) is 22.8. The molecule has 3 heterocycles. The van der Waals surface area contributed by atoms with E-state index in [1.165, 1.54) is 18.3 Å². The van der Waals surface area contributed by atoms with E-state index in [2.05, 4.69) is 20.7 Å². The number of pyridine rings is 1. The fraction of sp³-hybridized carbons (Fsp3) is 0.261. The van der Waals surface area contributed by atoms with Crippen molar-refractivity contribution < 1.29 is 9.13 Å². The van der Waals surface area contributed by atoms with Crippen molar-refractivity contribution in [1.82, 2.24) is 20.1 Å². The Hall–Kier alpha value is -3.88. The average molecular weight is 436 g/mol. The second-order valence-electron chi connectivity index (χ2n) is 7.49. The van der Waals surface area contributed by atoms with Crippen molar-refractivity contribution in [3.63, 3.8) is 0 Å². The van der Waals surface area contributed by atoms with Crippen LogP contribution in [-0.4, -0.2) is 34.6 Å². The SMILES string of the molecule is CCN/C1=C(\C=N)Cc2c(NC)cnn2-c2ccc(F)cc2[C@@H](C)Oc2cc1cnc2N. The molecular formula is C23H26FN7O. The van der Waals surface area contributed by atoms with Gasteiger partial charge in [0.15, 0.2) is 11.6 Å². The van der Waals surface area contributed by atoms with Crippen LogP contribution < -0.4 is 21.1 Å². The van der Waals surface area contributed by atoms with Crippen LogP contribution in [0, 0.1) is 11.2 Å². The number of hydrogen-bond acceptors (Lipinski definition) is 7. The number of nitrogens with one attached hydrogen (secondary N) is 3. The number of rotatable bonds is 4. The molecule has 166 valence electrons. The molecular weight excluding hydrogens is 409 g/mol. The van der Waals surface area contributed by atoms with Gasteiger partial charge in [0.1, 0.15) is 11.9 Å². The van der Waals surface area contributed by atoms with E-state index in [-0.39, 0.29) is 11.6 Å². The third kappa shape index (κ3) is 3.77. The lowest BCUT2D eigenvalue weighted by Gasteiger charge is -2.23. The predicted octanol–water partition coefficient (Wildman–Crippen LogP) is 3.70. The van der Waals surface area contributed by atoms with E-state index in [9.17, 15) is 4.39 Å². The molecule has 1 atom stereocenters. The van der Waals surface area contributed by atoms with Crippen molar-refractivity contribution in [1.29, 1.82) is 5.41 Å². The van der Waals surface area contributed by atoms with Crippen molar-refractivity contribution in [2.45, 2.75) is 26.4 Å². The van der Waals surface area contributed by atoms with E-state index in [1.807, 2.05) is 20.9 Å². The first-order valence-corrected chi connectivity index (χ1v) is 10.4. The Morgan fingerprint density at radius 2 is 2.16 bits per heavy atom. The van der Waals surface area contributed by atoms with E-state index < -0.39 is 6.10 Å². The second kappa shape index (κ2) is 8.70. The lowest BCUT2D eigenvalue weighted by molar-refractivity contribution is 0.226. The molecule has 8 nitrogen and oxygen atoms in total. The van der Waals surface area contributed by atoms with Crippen LogP contribution in [0.15, 0.2) is 42.2 Å². The third-order valence-electron chi connectivity index (χ3n) is 5.47. The Kier molecular flexibility index (Phi) is 5.81. The highest BCUT2D eigenvalue weighted by atomic mass is 19.1. The standard InChI is InChI=1S/C23H26FN7O/c1-4-28-22-14(10-25)7-20-18(27-3)12-30-31(20)19-6-5-16(24)9-17(19)13(2)32-21-8-15(22)11-29-23(21)26/h5-6,8-13,25,27-28H,4,7H2,1-3H3,(H2,26,29)/b22-14-,25-10?/t13-/m1/s1. The minimum Gasteiger partial charge on any atom is -0.482 e. The fourth-order valence-electron chi connectivity index (χ4n) is 3.91. The summed E-state index contributed by atoms with van der Waals surface area (Å²) in [6.45, 7) is 4.48. The lowest BCUT2D eigenvalue weighted by atomic mass is 10.0. The first kappa shape index (κ1) is 21.4. The summed E-state index contributed by atoms with van der Waals surface area (Å²) in [6.07, 6.45) is 4.59. The van der Waals surface area contributed by atoms with Crippen molar-refractivity contribution in [2.24, 2.45) is 0 Å². The van der Waals surface area contributed by atoms with Gasteiger partial charge in [-0.05, 0) is 43.7 Å². The van der Waals surface area contributed by atoms with Gasteiger partial charge < -0.3 is 26.5 Å². The maximum Gasteiger partial charge on any atom is 0.166 e. The number of anilines is 2. The molecule has 0 amide bonds. The van der Waals surface area contributed by atoms with Crippen molar-refractivity contribution >= 4 is 23.4 Å². The maximum absolute atomic E-state index is 14.2. The summed E-state index contributed by atoms with van der Waals surface area (Å²) in [7, 11) is 1.82. The van der Waals surface area contributed by atoms with Crippen LogP contribution in [0.4, 0.5) is 15.9 Å². The Labute approximate surface area is 185 Å². The number of nitrogen functional groups attached to an aromatic ring is 1. The number of nitrogens with zero attached hydrogens (tertiary/aromatic N) is 3. The topological polar surface area (TPSA) is 114 Å². The molecule has 1 aliphatic heterocycles. The van der Waals surface area contributed by atoms with Gasteiger partial charge >= 0.3 is 0 Å². The number of hydrogen-bond donors (Lipinski definition) is 4. The van der Waals surface area contributed by atoms with E-state index in [0.717, 1.165) is 28.2 Å². The molecule has 32 heavy (non-hydrogen) atoms. The van der Waals surface area contributed by atoms with Gasteiger partial charge in [0.2, 0.25) is 0 Å². The Bertz CT molecular complexity index is 1200. The van der Waals surface area contributed by atoms with Crippen LogP contribution in [0.2, 0.25) is 0 Å². The van der Waals surface area contributed by atoms with E-state index >= 15 is 0 Å². The van der Waals surface area contributed by atoms with Gasteiger partial charge in [0, 0.05) is 49.2 Å². The van der Waals surface area contributed by atoms with Gasteiger partial charge in [0.05, 0.1) is 23.3 Å². The fourth-order valence-corrected chi connectivity index (χ4v) is 3.91. The van der Waals surface area contributed by atoms with Gasteiger partial charge in [-0.2, -0.15) is 5.10 Å². The third-order valence-corrected chi connectivity index (χ3v) is 5.47. The highest BCUT2D eigenvalue weighted by Crippen LogP contribution is 2.34. The molecule has 0 saturated heterocycles. The Morgan fingerprint density at radius 3 is 2.88 bits per heavy atom. The predicted molar refractivity (Wildman–Crippen MR) is 124 cm³/mol. The summed E-state index contributed by atoms with van der Waals surface area (Å²) in [6, 6.07) is 6.33. The number of benzene rings is 1. The summed E-state index contributed by atoms with van der Waals surface area (Å²) >= 11 is 0. The van der Waals surface area contributed by atoms with Gasteiger partial charge in [-0.15, -0.1) is 0 Å². The Balaban J connectivity index is 2.05. The molecule has 0 radical (unpaired) electrons. The van der Waals surface area contributed by atoms with Crippen LogP contribution in [0.25, 0.3) is 11.4 Å². The number of fused-ring (bicyclic) bond motifs is 5. The van der Waals surface area contributed by atoms with Crippen molar-refractivity contribution in [2.75, 3.05) is 24.6 Å². The molecule has 0 spiro atoms. The zero-order valence-electron chi connectivity index (χ0n) is 18.2. The highest BCUT2D eigenvalue weighted by molar-refractivity contribution is 5.90. The molecule has 0 saturated carbocycles. The summed E-state index contributed by atoms with van der Waals surface area (Å²) in [4.78, 5) is 4.31. The van der Waals surface area contributed by atoms with Crippen LogP contribution in [0.5, 0.6) is 5.75 Å². The zero-order valence-corrected chi connectivity index (χ0v) is 18.2. The summed E-state index contributed by atoms with van der Waals surface area (Å²) in [5.74, 6) is 0.255. The van der Waals surface area contributed by atoms with Crippen LogP contribution >= 0.6 is 0 Å². The molecule has 9 heteroatoms. The summed E-state index contributed by atoms with van der Waals surface area (Å²) in [5, 5.41) is 19.2. The van der Waals surface area contributed by atoms with Crippen LogP contribution in [0.1, 0.15) is 36.8 Å². The average Bonchev–Trinajstić information content (AvgIpc) is 3.19. The minimum atomic E-state index is -0.525. The number of nitrogens with two attached hydrogens (primary N) is 1. The van der Waals surface area contributed by atoms with Crippen molar-refractivity contribution in [3.8, 4) is 11.4 Å². The van der Waals surface area contributed by atoms with E-state index in [1.54, 1.807) is 29.2 Å². The molecule has 1 aliphatic rings. The van der Waals surface area contributed by atoms with E-state index in [4.69, 9.17) is 15.9 Å². The largest absolute Gasteiger partial charge is 0.482 e. The minimum absolute atomic E-state index is 0.236.